The van der Waals surface area contributed by atoms with Crippen molar-refractivity contribution in [3.05, 3.63) is 51.6 Å². The summed E-state index contributed by atoms with van der Waals surface area (Å²) in [6.07, 6.45) is 1.31. The monoisotopic (exact) mass is 264 g/mol. The predicted octanol–water partition coefficient (Wildman–Crippen LogP) is 2.02. The highest BCUT2D eigenvalue weighted by molar-refractivity contribution is 6.05. The summed E-state index contributed by atoms with van der Waals surface area (Å²) in [5.41, 5.74) is 0.215. The molecule has 8 heteroatoms. The van der Waals surface area contributed by atoms with Crippen LogP contribution in [0, 0.1) is 22.9 Å². The first-order valence-electron chi connectivity index (χ1n) is 5.24. The minimum absolute atomic E-state index is 0.0722. The molecule has 0 bridgehead atoms. The summed E-state index contributed by atoms with van der Waals surface area (Å²) in [5, 5.41) is 19.4. The summed E-state index contributed by atoms with van der Waals surface area (Å²) < 4.78 is 13.0. The maximum atomic E-state index is 13.0. The highest BCUT2D eigenvalue weighted by Crippen LogP contribution is 2.25. The molecule has 2 N–H and O–H groups in total. The second kappa shape index (κ2) is 4.84. The van der Waals surface area contributed by atoms with E-state index in [2.05, 4.69) is 15.5 Å². The fourth-order valence-corrected chi connectivity index (χ4v) is 1.53. The lowest BCUT2D eigenvalue weighted by Gasteiger charge is -2.05. The molecule has 98 valence electrons. The molecule has 0 fully saturated rings. The second-order valence-electron chi connectivity index (χ2n) is 3.78. The number of carbonyl (C=O) groups is 1. The quantitative estimate of drug-likeness (QED) is 0.654. The first-order chi connectivity index (χ1) is 8.99. The Morgan fingerprint density at radius 1 is 1.53 bits per heavy atom. The maximum Gasteiger partial charge on any atom is 0.295 e. The zero-order chi connectivity index (χ0) is 14.0. The van der Waals surface area contributed by atoms with E-state index in [1.54, 1.807) is 6.92 Å². The van der Waals surface area contributed by atoms with Crippen LogP contribution in [0.1, 0.15) is 16.1 Å². The molecule has 0 aliphatic carbocycles. The molecule has 2 rings (SSSR count). The van der Waals surface area contributed by atoms with Crippen molar-refractivity contribution in [2.24, 2.45) is 0 Å². The molecule has 19 heavy (non-hydrogen) atoms. The zero-order valence-corrected chi connectivity index (χ0v) is 9.81. The van der Waals surface area contributed by atoms with Gasteiger partial charge in [-0.15, -0.1) is 0 Å². The van der Waals surface area contributed by atoms with Crippen molar-refractivity contribution < 1.29 is 14.1 Å². The summed E-state index contributed by atoms with van der Waals surface area (Å²) in [6.45, 7) is 1.64. The van der Waals surface area contributed by atoms with Crippen LogP contribution in [0.3, 0.4) is 0 Å². The molecule has 1 amide bonds. The number of H-pyrrole nitrogens is 1. The molecule has 7 nitrogen and oxygen atoms in total. The predicted molar refractivity (Wildman–Crippen MR) is 64.3 cm³/mol. The molecule has 0 unspecified atom stereocenters. The average Bonchev–Trinajstić information content (AvgIpc) is 2.77. The van der Waals surface area contributed by atoms with Gasteiger partial charge in [-0.05, 0) is 19.1 Å². The number of aromatic amines is 1. The van der Waals surface area contributed by atoms with Crippen molar-refractivity contribution in [1.29, 1.82) is 0 Å². The molecule has 0 saturated carbocycles. The van der Waals surface area contributed by atoms with E-state index in [1.807, 2.05) is 0 Å². The minimum atomic E-state index is -0.763. The third-order valence-corrected chi connectivity index (χ3v) is 2.48. The fraction of sp³-hybridized carbons (Fsp3) is 0.0909. The van der Waals surface area contributed by atoms with Gasteiger partial charge in [0, 0.05) is 5.69 Å². The average molecular weight is 264 g/mol. The van der Waals surface area contributed by atoms with Crippen LogP contribution in [-0.2, 0) is 0 Å². The summed E-state index contributed by atoms with van der Waals surface area (Å²) >= 11 is 0. The van der Waals surface area contributed by atoms with Gasteiger partial charge in [0.2, 0.25) is 0 Å². The van der Waals surface area contributed by atoms with E-state index in [0.717, 1.165) is 18.2 Å². The van der Waals surface area contributed by atoms with Gasteiger partial charge in [-0.3, -0.25) is 20.0 Å². The molecular formula is C11H9FN4O3. The van der Waals surface area contributed by atoms with Crippen molar-refractivity contribution in [2.45, 2.75) is 6.92 Å². The number of hydrogen-bond acceptors (Lipinski definition) is 4. The molecule has 1 aromatic heterocycles. The maximum absolute atomic E-state index is 13.0. The van der Waals surface area contributed by atoms with Gasteiger partial charge in [0.05, 0.1) is 22.7 Å². The van der Waals surface area contributed by atoms with Crippen LogP contribution < -0.4 is 5.32 Å². The summed E-state index contributed by atoms with van der Waals surface area (Å²) in [6, 6.07) is 2.92. The lowest BCUT2D eigenvalue weighted by Crippen LogP contribution is -2.13. The number of hydrogen-bond donors (Lipinski definition) is 2. The molecule has 0 spiro atoms. The van der Waals surface area contributed by atoms with Gasteiger partial charge in [0.1, 0.15) is 11.5 Å². The molecule has 1 heterocycles. The summed E-state index contributed by atoms with van der Waals surface area (Å²) in [4.78, 5) is 21.9. The summed E-state index contributed by atoms with van der Waals surface area (Å²) in [5.74, 6) is -1.30. The van der Waals surface area contributed by atoms with Crippen molar-refractivity contribution in [1.82, 2.24) is 10.2 Å². The molecular weight excluding hydrogens is 255 g/mol. The van der Waals surface area contributed by atoms with Crippen LogP contribution in [0.25, 0.3) is 0 Å². The molecule has 1 aromatic carbocycles. The van der Waals surface area contributed by atoms with E-state index in [4.69, 9.17) is 0 Å². The number of aryl methyl sites for hydroxylation is 1. The van der Waals surface area contributed by atoms with Crippen LogP contribution in [0.5, 0.6) is 0 Å². The van der Waals surface area contributed by atoms with E-state index in [1.165, 1.54) is 6.20 Å². The Hall–Kier alpha value is -2.77. The fourth-order valence-electron chi connectivity index (χ4n) is 1.53. The number of nitrogens with one attached hydrogen (secondary N) is 2. The Labute approximate surface area is 106 Å². The van der Waals surface area contributed by atoms with Gasteiger partial charge >= 0.3 is 0 Å². The zero-order valence-electron chi connectivity index (χ0n) is 9.81. The smallest absolute Gasteiger partial charge is 0.295 e. The van der Waals surface area contributed by atoms with Gasteiger partial charge in [0.25, 0.3) is 11.6 Å². The molecule has 0 radical (unpaired) electrons. The van der Waals surface area contributed by atoms with Gasteiger partial charge < -0.3 is 5.32 Å². The normalized spacial score (nSPS) is 10.2. The largest absolute Gasteiger partial charge is 0.316 e. The topological polar surface area (TPSA) is 101 Å². The molecule has 0 aliphatic rings. The number of carbonyl (C=O) groups excluding carboxylic acids is 1. The lowest BCUT2D eigenvalue weighted by molar-refractivity contribution is -0.384. The number of halogens is 1. The number of nitro benzene ring substituents is 1. The lowest BCUT2D eigenvalue weighted by atomic mass is 10.2. The minimum Gasteiger partial charge on any atom is -0.316 e. The van der Waals surface area contributed by atoms with Crippen LogP contribution >= 0.6 is 0 Å². The van der Waals surface area contributed by atoms with Crippen LogP contribution in [-0.4, -0.2) is 21.0 Å². The van der Waals surface area contributed by atoms with E-state index < -0.39 is 22.3 Å². The van der Waals surface area contributed by atoms with E-state index >= 15 is 0 Å². The third kappa shape index (κ3) is 2.57. The van der Waals surface area contributed by atoms with E-state index in [9.17, 15) is 19.3 Å². The molecule has 0 atom stereocenters. The standard InChI is InChI=1S/C11H9FN4O3/c1-6-8(5-13-15-6)11(17)14-9-3-2-7(12)4-10(9)16(18)19/h2-5H,1H3,(H,13,15)(H,14,17). The van der Waals surface area contributed by atoms with E-state index in [0.29, 0.717) is 5.69 Å². The van der Waals surface area contributed by atoms with Crippen LogP contribution in [0.2, 0.25) is 0 Å². The highest BCUT2D eigenvalue weighted by Gasteiger charge is 2.19. The second-order valence-corrected chi connectivity index (χ2v) is 3.78. The SMILES string of the molecule is Cc1[nH]ncc1C(=O)Nc1ccc(F)cc1[N+](=O)[O-]. The van der Waals surface area contributed by atoms with E-state index in [-0.39, 0.29) is 11.3 Å². The van der Waals surface area contributed by atoms with Gasteiger partial charge in [-0.25, -0.2) is 4.39 Å². The van der Waals surface area contributed by atoms with Gasteiger partial charge in [0.15, 0.2) is 0 Å². The molecule has 0 saturated heterocycles. The van der Waals surface area contributed by atoms with Crippen molar-refractivity contribution in [3.63, 3.8) is 0 Å². The molecule has 2 aromatic rings. The van der Waals surface area contributed by atoms with Crippen molar-refractivity contribution in [3.8, 4) is 0 Å². The number of aromatic nitrogens is 2. The number of amides is 1. The first-order valence-corrected chi connectivity index (χ1v) is 5.24. The van der Waals surface area contributed by atoms with Gasteiger partial charge in [-0.1, -0.05) is 0 Å². The Balaban J connectivity index is 2.32. The Bertz CT molecular complexity index is 653. The highest BCUT2D eigenvalue weighted by atomic mass is 19.1. The number of nitrogens with zero attached hydrogens (tertiary/aromatic N) is 2. The third-order valence-electron chi connectivity index (χ3n) is 2.48. The van der Waals surface area contributed by atoms with Crippen LogP contribution in [0.4, 0.5) is 15.8 Å². The Morgan fingerprint density at radius 2 is 2.26 bits per heavy atom. The number of nitro groups is 1. The Kier molecular flexibility index (Phi) is 3.23. The first kappa shape index (κ1) is 12.7. The van der Waals surface area contributed by atoms with Crippen LogP contribution in [0.15, 0.2) is 24.4 Å². The Morgan fingerprint density at radius 3 is 2.84 bits per heavy atom. The number of rotatable bonds is 3. The van der Waals surface area contributed by atoms with Crippen molar-refractivity contribution >= 4 is 17.3 Å². The number of anilines is 1. The van der Waals surface area contributed by atoms with Crippen molar-refractivity contribution in [2.75, 3.05) is 5.32 Å². The summed E-state index contributed by atoms with van der Waals surface area (Å²) in [7, 11) is 0. The van der Waals surface area contributed by atoms with Gasteiger partial charge in [-0.2, -0.15) is 5.10 Å². The molecule has 0 aliphatic heterocycles. The number of benzene rings is 1.